The van der Waals surface area contributed by atoms with Crippen LogP contribution in [0, 0.1) is 0 Å². The number of thiophene rings is 1. The van der Waals surface area contributed by atoms with Crippen molar-refractivity contribution in [2.24, 2.45) is 0 Å². The maximum Gasteiger partial charge on any atom is 0.0554 e. The van der Waals surface area contributed by atoms with Gasteiger partial charge in [-0.15, -0.1) is 11.3 Å². The largest absolute Gasteiger partial charge is 0.310 e. The highest BCUT2D eigenvalue weighted by atomic mass is 32.1. The van der Waals surface area contributed by atoms with Crippen LogP contribution >= 0.6 is 11.3 Å². The van der Waals surface area contributed by atoms with Crippen molar-refractivity contribution in [3.63, 3.8) is 0 Å². The topological polar surface area (TPSA) is 8.17 Å². The average Bonchev–Trinajstić information content (AvgIpc) is 4.00. The first-order chi connectivity index (χ1) is 32.5. The molecular weight excluding hydrogens is 817 g/mol. The molecule has 66 heavy (non-hydrogen) atoms. The summed E-state index contributed by atoms with van der Waals surface area (Å²) in [6.07, 6.45) is 0. The molecule has 1 aliphatic carbocycles. The monoisotopic (exact) mass is 860 g/mol. The fourth-order valence-corrected chi connectivity index (χ4v) is 11.9. The van der Waals surface area contributed by atoms with Crippen LogP contribution in [0.2, 0.25) is 0 Å². The van der Waals surface area contributed by atoms with Crippen LogP contribution in [0.4, 0.5) is 17.1 Å². The number of aromatic nitrogens is 1. The molecule has 12 aromatic rings. The van der Waals surface area contributed by atoms with Crippen molar-refractivity contribution < 1.29 is 0 Å². The lowest BCUT2D eigenvalue weighted by molar-refractivity contribution is 0.660. The molecule has 13 rings (SSSR count). The van der Waals surface area contributed by atoms with E-state index in [0.717, 1.165) is 11.4 Å². The predicted octanol–water partition coefficient (Wildman–Crippen LogP) is 17.9. The molecule has 0 fully saturated rings. The molecule has 1 aliphatic rings. The van der Waals surface area contributed by atoms with Crippen molar-refractivity contribution in [1.29, 1.82) is 0 Å². The summed E-state index contributed by atoms with van der Waals surface area (Å²) in [7, 11) is 0. The first kappa shape index (κ1) is 38.5. The van der Waals surface area contributed by atoms with Crippen molar-refractivity contribution in [3.05, 3.63) is 242 Å². The van der Waals surface area contributed by atoms with Crippen LogP contribution in [0.5, 0.6) is 0 Å². The molecule has 0 atom stereocenters. The molecule has 2 nitrogen and oxygen atoms in total. The van der Waals surface area contributed by atoms with Crippen LogP contribution in [-0.4, -0.2) is 4.57 Å². The maximum absolute atomic E-state index is 2.44. The SMILES string of the molecule is CC1(C)c2ccccc2-c2ccc(-c3ccc(N(c4ccc(-c5cccc(-c6ccccc6-n6c7ccccc7c7ccccc76)c5)cc4)c4cccc5sc6ccccc6c45)cc3)cc21. The molecule has 0 amide bonds. The summed E-state index contributed by atoms with van der Waals surface area (Å²) in [6, 6.07) is 85.0. The Bertz CT molecular complexity index is 3790. The van der Waals surface area contributed by atoms with E-state index in [0.29, 0.717) is 0 Å². The Morgan fingerprint density at radius 3 is 1.64 bits per heavy atom. The number of hydrogen-bond donors (Lipinski definition) is 0. The summed E-state index contributed by atoms with van der Waals surface area (Å²) in [5, 5.41) is 5.09. The van der Waals surface area contributed by atoms with Gasteiger partial charge in [-0.2, -0.15) is 0 Å². The number of nitrogens with zero attached hydrogens (tertiary/aromatic N) is 2. The summed E-state index contributed by atoms with van der Waals surface area (Å²) >= 11 is 1.86. The Hall–Kier alpha value is -7.98. The Kier molecular flexibility index (Phi) is 8.78. The maximum atomic E-state index is 2.44. The van der Waals surface area contributed by atoms with Crippen LogP contribution < -0.4 is 4.90 Å². The Morgan fingerprint density at radius 1 is 0.379 bits per heavy atom. The molecular formula is C63H44N2S. The Morgan fingerprint density at radius 2 is 0.909 bits per heavy atom. The molecule has 2 heterocycles. The van der Waals surface area contributed by atoms with Crippen molar-refractivity contribution in [1.82, 2.24) is 4.57 Å². The zero-order valence-electron chi connectivity index (χ0n) is 36.7. The van der Waals surface area contributed by atoms with Gasteiger partial charge in [-0.3, -0.25) is 0 Å². The highest BCUT2D eigenvalue weighted by molar-refractivity contribution is 7.26. The van der Waals surface area contributed by atoms with Crippen LogP contribution in [0.3, 0.4) is 0 Å². The molecule has 0 aliphatic heterocycles. The van der Waals surface area contributed by atoms with Gasteiger partial charge in [0.05, 0.1) is 22.4 Å². The fraction of sp³-hybridized carbons (Fsp3) is 0.0476. The van der Waals surface area contributed by atoms with Gasteiger partial charge in [0.15, 0.2) is 0 Å². The minimum Gasteiger partial charge on any atom is -0.310 e. The van der Waals surface area contributed by atoms with E-state index < -0.39 is 0 Å². The van der Waals surface area contributed by atoms with E-state index in [1.165, 1.54) is 109 Å². The highest BCUT2D eigenvalue weighted by Gasteiger charge is 2.35. The third-order valence-corrected chi connectivity index (χ3v) is 15.2. The van der Waals surface area contributed by atoms with E-state index in [-0.39, 0.29) is 5.41 Å². The second-order valence-corrected chi connectivity index (χ2v) is 19.2. The fourth-order valence-electron chi connectivity index (χ4n) is 10.8. The van der Waals surface area contributed by atoms with Gasteiger partial charge in [0.1, 0.15) is 0 Å². The van der Waals surface area contributed by atoms with Gasteiger partial charge in [-0.25, -0.2) is 0 Å². The quantitative estimate of drug-likeness (QED) is 0.155. The first-order valence-electron chi connectivity index (χ1n) is 22.8. The second-order valence-electron chi connectivity index (χ2n) is 18.1. The van der Waals surface area contributed by atoms with Gasteiger partial charge in [-0.05, 0) is 123 Å². The van der Waals surface area contributed by atoms with Crippen molar-refractivity contribution >= 4 is 70.4 Å². The van der Waals surface area contributed by atoms with E-state index >= 15 is 0 Å². The van der Waals surface area contributed by atoms with Gasteiger partial charge in [0.2, 0.25) is 0 Å². The van der Waals surface area contributed by atoms with Gasteiger partial charge in [-0.1, -0.05) is 172 Å². The summed E-state index contributed by atoms with van der Waals surface area (Å²) in [5.41, 5.74) is 19.6. The minimum atomic E-state index is -0.0495. The van der Waals surface area contributed by atoms with Crippen LogP contribution in [-0.2, 0) is 5.41 Å². The molecule has 0 saturated carbocycles. The molecule has 2 aromatic heterocycles. The molecule has 0 bridgehead atoms. The van der Waals surface area contributed by atoms with Crippen LogP contribution in [0.1, 0.15) is 25.0 Å². The Labute approximate surface area is 388 Å². The van der Waals surface area contributed by atoms with Gasteiger partial charge < -0.3 is 9.47 Å². The lowest BCUT2D eigenvalue weighted by atomic mass is 9.81. The highest BCUT2D eigenvalue weighted by Crippen LogP contribution is 2.50. The van der Waals surface area contributed by atoms with Crippen molar-refractivity contribution in [3.8, 4) is 50.2 Å². The van der Waals surface area contributed by atoms with E-state index in [4.69, 9.17) is 0 Å². The summed E-state index contributed by atoms with van der Waals surface area (Å²) in [5.74, 6) is 0. The number of rotatable bonds is 7. The average molecular weight is 861 g/mol. The zero-order valence-corrected chi connectivity index (χ0v) is 37.6. The second kappa shape index (κ2) is 15.1. The molecule has 3 heteroatoms. The standard InChI is InChI=1S/C63H44N2S/c1-63(2)54-22-8-3-18-49(54)50-38-33-44(40-55(50)63)42-31-36-47(37-32-42)64(59-26-14-28-61-62(59)53-21-7-12-27-60(53)66-61)46-34-29-41(30-35-46)43-15-13-16-45(39-43)48-17-4-9-23-56(48)65-57-24-10-5-19-51(57)52-20-6-11-25-58(52)65/h3-40H,1-2H3. The molecule has 0 radical (unpaired) electrons. The van der Waals surface area contributed by atoms with Crippen molar-refractivity contribution in [2.45, 2.75) is 19.3 Å². The van der Waals surface area contributed by atoms with Gasteiger partial charge in [0.25, 0.3) is 0 Å². The van der Waals surface area contributed by atoms with E-state index in [1.54, 1.807) is 0 Å². The van der Waals surface area contributed by atoms with E-state index in [9.17, 15) is 0 Å². The third-order valence-electron chi connectivity index (χ3n) is 14.0. The minimum absolute atomic E-state index is 0.0495. The molecule has 0 spiro atoms. The number of fused-ring (bicyclic) bond motifs is 9. The predicted molar refractivity (Wildman–Crippen MR) is 282 cm³/mol. The van der Waals surface area contributed by atoms with E-state index in [1.807, 2.05) is 11.3 Å². The first-order valence-corrected chi connectivity index (χ1v) is 23.6. The molecule has 312 valence electrons. The number of benzene rings is 10. The van der Waals surface area contributed by atoms with Crippen LogP contribution in [0.25, 0.3) is 92.2 Å². The summed E-state index contributed by atoms with van der Waals surface area (Å²) < 4.78 is 5.00. The van der Waals surface area contributed by atoms with Gasteiger partial charge >= 0.3 is 0 Å². The smallest absolute Gasteiger partial charge is 0.0554 e. The third kappa shape index (κ3) is 6.01. The normalized spacial score (nSPS) is 12.8. The van der Waals surface area contributed by atoms with E-state index in [2.05, 4.69) is 254 Å². The zero-order chi connectivity index (χ0) is 43.9. The number of anilines is 3. The molecule has 0 N–H and O–H groups in total. The van der Waals surface area contributed by atoms with Crippen LogP contribution in [0.15, 0.2) is 231 Å². The Balaban J connectivity index is 0.891. The van der Waals surface area contributed by atoms with Crippen molar-refractivity contribution in [2.75, 3.05) is 4.90 Å². The molecule has 10 aromatic carbocycles. The number of hydrogen-bond acceptors (Lipinski definition) is 2. The summed E-state index contributed by atoms with van der Waals surface area (Å²) in [6.45, 7) is 4.71. The lowest BCUT2D eigenvalue weighted by Crippen LogP contribution is -2.14. The van der Waals surface area contributed by atoms with Gasteiger partial charge in [0, 0.05) is 53.3 Å². The number of para-hydroxylation sites is 3. The summed E-state index contributed by atoms with van der Waals surface area (Å²) in [4.78, 5) is 2.44. The molecule has 0 unspecified atom stereocenters. The molecule has 0 saturated heterocycles. The lowest BCUT2D eigenvalue weighted by Gasteiger charge is -2.27.